The van der Waals surface area contributed by atoms with Gasteiger partial charge in [0.1, 0.15) is 0 Å². The predicted molar refractivity (Wildman–Crippen MR) is 97.4 cm³/mol. The quantitative estimate of drug-likeness (QED) is 0.337. The fourth-order valence-electron chi connectivity index (χ4n) is 3.77. The number of nitrogens with two attached hydrogens (primary N) is 1. The van der Waals surface area contributed by atoms with E-state index in [1.54, 1.807) is 0 Å². The van der Waals surface area contributed by atoms with Gasteiger partial charge in [-0.2, -0.15) is 0 Å². The Bertz CT molecular complexity index is 271. The lowest BCUT2D eigenvalue weighted by Crippen LogP contribution is -2.43. The highest BCUT2D eigenvalue weighted by Crippen LogP contribution is 2.42. The Morgan fingerprint density at radius 1 is 1.10 bits per heavy atom. The van der Waals surface area contributed by atoms with Crippen molar-refractivity contribution in [1.82, 2.24) is 0 Å². The second-order valence-electron chi connectivity index (χ2n) is 7.65. The Hall–Kier alpha value is -0.300. The molecule has 0 bridgehead atoms. The Morgan fingerprint density at radius 3 is 2.14 bits per heavy atom. The minimum atomic E-state index is 0.281. The van der Waals surface area contributed by atoms with Crippen LogP contribution in [0.4, 0.5) is 0 Å². The van der Waals surface area contributed by atoms with E-state index in [2.05, 4.69) is 54.2 Å². The molecule has 0 aliphatic rings. The van der Waals surface area contributed by atoms with Crippen molar-refractivity contribution >= 4 is 0 Å². The van der Waals surface area contributed by atoms with Crippen LogP contribution in [0.2, 0.25) is 0 Å². The number of hydrogen-bond donors (Lipinski definition) is 1. The summed E-state index contributed by atoms with van der Waals surface area (Å²) in [7, 11) is 0. The normalized spacial score (nSPS) is 20.3. The van der Waals surface area contributed by atoms with Gasteiger partial charge < -0.3 is 5.73 Å². The number of allylic oxidation sites excluding steroid dienone is 1. The molecule has 0 saturated carbocycles. The van der Waals surface area contributed by atoms with Crippen molar-refractivity contribution < 1.29 is 0 Å². The molecule has 1 nitrogen and oxygen atoms in total. The van der Waals surface area contributed by atoms with Crippen LogP contribution in [-0.2, 0) is 0 Å². The minimum absolute atomic E-state index is 0.281. The largest absolute Gasteiger partial charge is 0.327 e. The van der Waals surface area contributed by atoms with Gasteiger partial charge in [-0.25, -0.2) is 0 Å². The Morgan fingerprint density at radius 2 is 1.71 bits per heavy atom. The highest BCUT2D eigenvalue weighted by Gasteiger charge is 2.36. The topological polar surface area (TPSA) is 26.0 Å². The Labute approximate surface area is 134 Å². The average molecular weight is 296 g/mol. The van der Waals surface area contributed by atoms with Crippen molar-refractivity contribution in [2.75, 3.05) is 0 Å². The monoisotopic (exact) mass is 295 g/mol. The van der Waals surface area contributed by atoms with Gasteiger partial charge in [-0.1, -0.05) is 66.4 Å². The summed E-state index contributed by atoms with van der Waals surface area (Å²) in [6.07, 6.45) is 11.1. The lowest BCUT2D eigenvalue weighted by atomic mass is 9.65. The first kappa shape index (κ1) is 20.7. The molecule has 0 aromatic heterocycles. The van der Waals surface area contributed by atoms with E-state index in [0.717, 1.165) is 11.8 Å². The van der Waals surface area contributed by atoms with Gasteiger partial charge in [-0.15, -0.1) is 6.58 Å². The molecular weight excluding hydrogens is 254 g/mol. The third-order valence-electron chi connectivity index (χ3n) is 5.65. The Kier molecular flexibility index (Phi) is 10.3. The van der Waals surface area contributed by atoms with Gasteiger partial charge in [0.2, 0.25) is 0 Å². The first-order valence-corrected chi connectivity index (χ1v) is 9.19. The zero-order valence-corrected chi connectivity index (χ0v) is 15.6. The maximum atomic E-state index is 6.42. The number of unbranched alkanes of at least 4 members (excludes halogenated alkanes) is 2. The van der Waals surface area contributed by atoms with Crippen LogP contribution >= 0.6 is 0 Å². The molecule has 0 spiro atoms. The molecule has 0 radical (unpaired) electrons. The summed E-state index contributed by atoms with van der Waals surface area (Å²) < 4.78 is 0. The molecule has 126 valence electrons. The molecule has 0 aromatic carbocycles. The maximum absolute atomic E-state index is 6.42. The molecule has 5 atom stereocenters. The van der Waals surface area contributed by atoms with Gasteiger partial charge in [-0.3, -0.25) is 0 Å². The van der Waals surface area contributed by atoms with Crippen LogP contribution in [0.5, 0.6) is 0 Å². The SMILES string of the molecule is C=CC(C)CC(C)CC(CC)C(C)(CCCCC)C(C)N. The van der Waals surface area contributed by atoms with E-state index in [0.29, 0.717) is 5.92 Å². The van der Waals surface area contributed by atoms with E-state index >= 15 is 0 Å². The summed E-state index contributed by atoms with van der Waals surface area (Å²) in [5, 5.41) is 0. The zero-order chi connectivity index (χ0) is 16.5. The van der Waals surface area contributed by atoms with Crippen molar-refractivity contribution in [3.63, 3.8) is 0 Å². The third kappa shape index (κ3) is 7.00. The van der Waals surface area contributed by atoms with Crippen molar-refractivity contribution in [2.45, 2.75) is 92.5 Å². The molecular formula is C20H41N. The fourth-order valence-corrected chi connectivity index (χ4v) is 3.77. The maximum Gasteiger partial charge on any atom is 0.00670 e. The van der Waals surface area contributed by atoms with Crippen LogP contribution in [0.1, 0.15) is 86.5 Å². The predicted octanol–water partition coefficient (Wildman–Crippen LogP) is 6.18. The van der Waals surface area contributed by atoms with Gasteiger partial charge in [-0.05, 0) is 49.4 Å². The van der Waals surface area contributed by atoms with E-state index in [1.807, 2.05) is 0 Å². The fraction of sp³-hybridized carbons (Fsp3) is 0.900. The van der Waals surface area contributed by atoms with Crippen LogP contribution in [0, 0.1) is 23.2 Å². The van der Waals surface area contributed by atoms with Gasteiger partial charge in [0.15, 0.2) is 0 Å². The molecule has 0 saturated heterocycles. The van der Waals surface area contributed by atoms with E-state index in [-0.39, 0.29) is 11.5 Å². The van der Waals surface area contributed by atoms with Gasteiger partial charge in [0.05, 0.1) is 0 Å². The van der Waals surface area contributed by atoms with E-state index in [9.17, 15) is 0 Å². The van der Waals surface area contributed by atoms with Crippen molar-refractivity contribution in [3.05, 3.63) is 12.7 Å². The number of rotatable bonds is 12. The summed E-state index contributed by atoms with van der Waals surface area (Å²) >= 11 is 0. The van der Waals surface area contributed by atoms with Gasteiger partial charge in [0, 0.05) is 6.04 Å². The first-order chi connectivity index (χ1) is 9.81. The van der Waals surface area contributed by atoms with Crippen molar-refractivity contribution in [3.8, 4) is 0 Å². The first-order valence-electron chi connectivity index (χ1n) is 9.19. The molecule has 0 aliphatic heterocycles. The second kappa shape index (κ2) is 10.4. The van der Waals surface area contributed by atoms with Crippen LogP contribution in [0.25, 0.3) is 0 Å². The molecule has 2 N–H and O–H groups in total. The smallest absolute Gasteiger partial charge is 0.00670 e. The lowest BCUT2D eigenvalue weighted by molar-refractivity contribution is 0.101. The molecule has 5 unspecified atom stereocenters. The molecule has 0 amide bonds. The van der Waals surface area contributed by atoms with Crippen molar-refractivity contribution in [2.24, 2.45) is 28.9 Å². The summed E-state index contributed by atoms with van der Waals surface area (Å²) in [5.41, 5.74) is 6.70. The molecule has 1 heteroatoms. The zero-order valence-electron chi connectivity index (χ0n) is 15.6. The number of hydrogen-bond acceptors (Lipinski definition) is 1. The van der Waals surface area contributed by atoms with Crippen molar-refractivity contribution in [1.29, 1.82) is 0 Å². The molecule has 0 aromatic rings. The highest BCUT2D eigenvalue weighted by atomic mass is 14.7. The molecule has 21 heavy (non-hydrogen) atoms. The van der Waals surface area contributed by atoms with Crippen LogP contribution in [0.3, 0.4) is 0 Å². The Balaban J connectivity index is 4.77. The molecule has 0 fully saturated rings. The average Bonchev–Trinajstić information content (AvgIpc) is 2.44. The van der Waals surface area contributed by atoms with E-state index < -0.39 is 0 Å². The highest BCUT2D eigenvalue weighted by molar-refractivity contribution is 4.90. The molecule has 0 aliphatic carbocycles. The van der Waals surface area contributed by atoms with Gasteiger partial charge in [0.25, 0.3) is 0 Å². The summed E-state index contributed by atoms with van der Waals surface area (Å²) in [4.78, 5) is 0. The van der Waals surface area contributed by atoms with Gasteiger partial charge >= 0.3 is 0 Å². The summed E-state index contributed by atoms with van der Waals surface area (Å²) in [5.74, 6) is 2.12. The molecule has 0 rings (SSSR count). The standard InChI is InChI=1S/C20H41N/c1-8-11-12-13-20(7,18(6)21)19(10-3)15-17(5)14-16(4)9-2/h9,16-19H,2,8,10-15,21H2,1,3-7H3. The summed E-state index contributed by atoms with van der Waals surface area (Å²) in [6, 6.07) is 0.281. The van der Waals surface area contributed by atoms with E-state index in [4.69, 9.17) is 5.73 Å². The third-order valence-corrected chi connectivity index (χ3v) is 5.65. The van der Waals surface area contributed by atoms with Crippen LogP contribution in [0.15, 0.2) is 12.7 Å². The molecule has 0 heterocycles. The second-order valence-corrected chi connectivity index (χ2v) is 7.65. The van der Waals surface area contributed by atoms with Crippen LogP contribution < -0.4 is 5.73 Å². The van der Waals surface area contributed by atoms with E-state index in [1.165, 1.54) is 44.9 Å². The van der Waals surface area contributed by atoms with Crippen LogP contribution in [-0.4, -0.2) is 6.04 Å². The minimum Gasteiger partial charge on any atom is -0.327 e. The summed E-state index contributed by atoms with van der Waals surface area (Å²) in [6.45, 7) is 17.9. The lowest BCUT2D eigenvalue weighted by Gasteiger charge is -2.42.